The van der Waals surface area contributed by atoms with Crippen LogP contribution in [0.25, 0.3) is 5.69 Å². The van der Waals surface area contributed by atoms with E-state index in [0.29, 0.717) is 0 Å². The maximum absolute atomic E-state index is 4.11. The standard InChI is InChI=1S/C12H16N4/c1-2-8-13-9-11-10-16(15-14-11)12-6-4-3-5-7-12/h3-7,10,13H,2,8-9H2,1H3. The fourth-order valence-corrected chi connectivity index (χ4v) is 1.48. The Morgan fingerprint density at radius 3 is 2.81 bits per heavy atom. The van der Waals surface area contributed by atoms with Crippen molar-refractivity contribution >= 4 is 0 Å². The summed E-state index contributed by atoms with van der Waals surface area (Å²) in [5.41, 5.74) is 2.01. The molecular weight excluding hydrogens is 200 g/mol. The Bertz CT molecular complexity index is 422. The van der Waals surface area contributed by atoms with Gasteiger partial charge in [0.25, 0.3) is 0 Å². The molecule has 16 heavy (non-hydrogen) atoms. The molecule has 2 aromatic rings. The van der Waals surface area contributed by atoms with E-state index in [1.54, 1.807) is 4.68 Å². The Morgan fingerprint density at radius 1 is 1.25 bits per heavy atom. The van der Waals surface area contributed by atoms with Crippen LogP contribution in [0.4, 0.5) is 0 Å². The summed E-state index contributed by atoms with van der Waals surface area (Å²) in [5, 5.41) is 11.5. The van der Waals surface area contributed by atoms with Crippen molar-refractivity contribution in [3.63, 3.8) is 0 Å². The van der Waals surface area contributed by atoms with Crippen LogP contribution >= 0.6 is 0 Å². The lowest BCUT2D eigenvalue weighted by atomic mass is 10.3. The average molecular weight is 216 g/mol. The molecule has 1 heterocycles. The third-order valence-electron chi connectivity index (χ3n) is 2.29. The largest absolute Gasteiger partial charge is 0.311 e. The summed E-state index contributed by atoms with van der Waals surface area (Å²) in [7, 11) is 0. The molecule has 1 aromatic heterocycles. The number of nitrogens with one attached hydrogen (secondary N) is 1. The Morgan fingerprint density at radius 2 is 2.06 bits per heavy atom. The quantitative estimate of drug-likeness (QED) is 0.774. The summed E-state index contributed by atoms with van der Waals surface area (Å²) in [4.78, 5) is 0. The number of rotatable bonds is 5. The molecule has 0 aliphatic carbocycles. The first kappa shape index (κ1) is 10.8. The maximum atomic E-state index is 4.11. The number of hydrogen-bond donors (Lipinski definition) is 1. The number of nitrogens with zero attached hydrogens (tertiary/aromatic N) is 3. The van der Waals surface area contributed by atoms with Crippen LogP contribution in [0.1, 0.15) is 19.0 Å². The lowest BCUT2D eigenvalue weighted by molar-refractivity contribution is 0.662. The minimum Gasteiger partial charge on any atom is -0.311 e. The van der Waals surface area contributed by atoms with Crippen molar-refractivity contribution in [2.45, 2.75) is 19.9 Å². The third kappa shape index (κ3) is 2.67. The molecule has 2 rings (SSSR count). The highest BCUT2D eigenvalue weighted by Gasteiger charge is 2.01. The molecule has 0 aliphatic rings. The summed E-state index contributed by atoms with van der Waals surface area (Å²) < 4.78 is 1.79. The van der Waals surface area contributed by atoms with E-state index in [4.69, 9.17) is 0 Å². The summed E-state index contributed by atoms with van der Waals surface area (Å²) in [6.45, 7) is 3.94. The smallest absolute Gasteiger partial charge is 0.0969 e. The second kappa shape index (κ2) is 5.42. The van der Waals surface area contributed by atoms with Crippen LogP contribution in [-0.2, 0) is 6.54 Å². The van der Waals surface area contributed by atoms with Gasteiger partial charge < -0.3 is 5.32 Å². The Hall–Kier alpha value is -1.68. The van der Waals surface area contributed by atoms with Gasteiger partial charge in [0.15, 0.2) is 0 Å². The van der Waals surface area contributed by atoms with Crippen LogP contribution in [0.15, 0.2) is 36.5 Å². The highest BCUT2D eigenvalue weighted by Crippen LogP contribution is 2.05. The molecule has 0 aliphatic heterocycles. The van der Waals surface area contributed by atoms with E-state index in [0.717, 1.165) is 30.9 Å². The van der Waals surface area contributed by atoms with Crippen LogP contribution in [0.3, 0.4) is 0 Å². The van der Waals surface area contributed by atoms with Gasteiger partial charge in [0.2, 0.25) is 0 Å². The average Bonchev–Trinajstić information content (AvgIpc) is 2.79. The molecule has 0 spiro atoms. The predicted octanol–water partition coefficient (Wildman–Crippen LogP) is 1.77. The van der Waals surface area contributed by atoms with Gasteiger partial charge in [-0.3, -0.25) is 0 Å². The monoisotopic (exact) mass is 216 g/mol. The summed E-state index contributed by atoms with van der Waals surface area (Å²) in [5.74, 6) is 0. The van der Waals surface area contributed by atoms with Crippen LogP contribution in [0.5, 0.6) is 0 Å². The normalized spacial score (nSPS) is 10.6. The van der Waals surface area contributed by atoms with Gasteiger partial charge in [-0.1, -0.05) is 30.3 Å². The first-order chi connectivity index (χ1) is 7.90. The van der Waals surface area contributed by atoms with Gasteiger partial charge in [0.05, 0.1) is 17.6 Å². The van der Waals surface area contributed by atoms with Crippen molar-refractivity contribution in [1.82, 2.24) is 20.3 Å². The van der Waals surface area contributed by atoms with Gasteiger partial charge in [-0.15, -0.1) is 5.10 Å². The Balaban J connectivity index is 2.02. The second-order valence-electron chi connectivity index (χ2n) is 3.67. The van der Waals surface area contributed by atoms with E-state index in [1.165, 1.54) is 0 Å². The number of aromatic nitrogens is 3. The van der Waals surface area contributed by atoms with Crippen molar-refractivity contribution in [1.29, 1.82) is 0 Å². The molecule has 0 saturated heterocycles. The molecule has 84 valence electrons. The summed E-state index contributed by atoms with van der Waals surface area (Å²) in [6.07, 6.45) is 3.09. The highest BCUT2D eigenvalue weighted by atomic mass is 15.4. The lowest BCUT2D eigenvalue weighted by Gasteiger charge is -1.98. The number of benzene rings is 1. The zero-order chi connectivity index (χ0) is 11.2. The molecule has 4 nitrogen and oxygen atoms in total. The van der Waals surface area contributed by atoms with Gasteiger partial charge in [-0.05, 0) is 25.1 Å². The summed E-state index contributed by atoms with van der Waals surface area (Å²) >= 11 is 0. The number of hydrogen-bond acceptors (Lipinski definition) is 3. The maximum Gasteiger partial charge on any atom is 0.0969 e. The van der Waals surface area contributed by atoms with Gasteiger partial charge in [-0.25, -0.2) is 4.68 Å². The van der Waals surface area contributed by atoms with Gasteiger partial charge in [0, 0.05) is 6.54 Å². The lowest BCUT2D eigenvalue weighted by Crippen LogP contribution is -2.13. The van der Waals surface area contributed by atoms with Crippen LogP contribution < -0.4 is 5.32 Å². The van der Waals surface area contributed by atoms with Gasteiger partial charge in [-0.2, -0.15) is 0 Å². The van der Waals surface area contributed by atoms with Crippen molar-refractivity contribution in [2.24, 2.45) is 0 Å². The van der Waals surface area contributed by atoms with E-state index < -0.39 is 0 Å². The molecule has 4 heteroatoms. The molecule has 0 atom stereocenters. The van der Waals surface area contributed by atoms with E-state index in [2.05, 4.69) is 22.6 Å². The zero-order valence-electron chi connectivity index (χ0n) is 9.43. The van der Waals surface area contributed by atoms with E-state index in [-0.39, 0.29) is 0 Å². The minimum atomic E-state index is 0.778. The topological polar surface area (TPSA) is 42.7 Å². The van der Waals surface area contributed by atoms with E-state index >= 15 is 0 Å². The molecule has 0 radical (unpaired) electrons. The Labute approximate surface area is 95.3 Å². The minimum absolute atomic E-state index is 0.778. The first-order valence-electron chi connectivity index (χ1n) is 5.57. The molecule has 0 saturated carbocycles. The van der Waals surface area contributed by atoms with Crippen molar-refractivity contribution < 1.29 is 0 Å². The molecule has 1 aromatic carbocycles. The van der Waals surface area contributed by atoms with Crippen LogP contribution in [-0.4, -0.2) is 21.5 Å². The molecular formula is C12H16N4. The van der Waals surface area contributed by atoms with Crippen LogP contribution in [0.2, 0.25) is 0 Å². The van der Waals surface area contributed by atoms with Crippen molar-refractivity contribution in [3.8, 4) is 5.69 Å². The predicted molar refractivity (Wildman–Crippen MR) is 63.4 cm³/mol. The van der Waals surface area contributed by atoms with E-state index in [9.17, 15) is 0 Å². The fraction of sp³-hybridized carbons (Fsp3) is 0.333. The van der Waals surface area contributed by atoms with E-state index in [1.807, 2.05) is 36.5 Å². The molecule has 0 unspecified atom stereocenters. The van der Waals surface area contributed by atoms with Gasteiger partial charge in [0.1, 0.15) is 0 Å². The molecule has 0 bridgehead atoms. The molecule has 0 fully saturated rings. The SMILES string of the molecule is CCCNCc1cn(-c2ccccc2)nn1. The van der Waals surface area contributed by atoms with Gasteiger partial charge >= 0.3 is 0 Å². The van der Waals surface area contributed by atoms with Crippen LogP contribution in [0, 0.1) is 0 Å². The second-order valence-corrected chi connectivity index (χ2v) is 3.67. The molecule has 1 N–H and O–H groups in total. The van der Waals surface area contributed by atoms with Crippen molar-refractivity contribution in [3.05, 3.63) is 42.2 Å². The Kier molecular flexibility index (Phi) is 3.66. The highest BCUT2D eigenvalue weighted by molar-refractivity contribution is 5.29. The van der Waals surface area contributed by atoms with Crippen molar-refractivity contribution in [2.75, 3.05) is 6.54 Å². The number of para-hydroxylation sites is 1. The zero-order valence-corrected chi connectivity index (χ0v) is 9.43. The molecule has 0 amide bonds. The third-order valence-corrected chi connectivity index (χ3v) is 2.29. The summed E-state index contributed by atoms with van der Waals surface area (Å²) in [6, 6.07) is 10.00. The fourth-order valence-electron chi connectivity index (χ4n) is 1.48. The first-order valence-corrected chi connectivity index (χ1v) is 5.57.